The van der Waals surface area contributed by atoms with Crippen molar-refractivity contribution in [2.24, 2.45) is 0 Å². The topological polar surface area (TPSA) is 54.9 Å². The Kier molecular flexibility index (Phi) is 5.25. The minimum absolute atomic E-state index is 0.176. The van der Waals surface area contributed by atoms with E-state index in [4.69, 9.17) is 0 Å². The van der Waals surface area contributed by atoms with Gasteiger partial charge in [0.05, 0.1) is 6.42 Å². The zero-order chi connectivity index (χ0) is 14.4. The number of carbonyl (C=O) groups is 1. The highest BCUT2D eigenvalue weighted by atomic mass is 32.2. The molecule has 0 aliphatic carbocycles. The Hall–Kier alpha value is -1.73. The predicted molar refractivity (Wildman–Crippen MR) is 79.6 cm³/mol. The smallest absolute Gasteiger partial charge is 0.230 e. The number of carbonyl (C=O) groups excluding carboxylic acids is 1. The molecule has 0 saturated heterocycles. The second kappa shape index (κ2) is 7.16. The average Bonchev–Trinajstić information content (AvgIpc) is 2.86. The second-order valence-corrected chi connectivity index (χ2v) is 6.07. The molecule has 4 nitrogen and oxygen atoms in total. The molecule has 0 bridgehead atoms. The lowest BCUT2D eigenvalue weighted by molar-refractivity contribution is -0.115. The Bertz CT molecular complexity index is 598. The third kappa shape index (κ3) is 4.43. The minimum atomic E-state index is -0.317. The first-order chi connectivity index (χ1) is 9.67. The molecule has 0 aliphatic rings. The van der Waals surface area contributed by atoms with Crippen molar-refractivity contribution in [2.75, 3.05) is 11.1 Å². The lowest BCUT2D eigenvalue weighted by Gasteiger charge is -2.01. The molecule has 0 saturated carbocycles. The number of aromatic nitrogens is 2. The van der Waals surface area contributed by atoms with Gasteiger partial charge in [0.2, 0.25) is 11.0 Å². The predicted octanol–water partition coefficient (Wildman–Crippen LogP) is 3.14. The van der Waals surface area contributed by atoms with Gasteiger partial charge in [-0.1, -0.05) is 41.3 Å². The summed E-state index contributed by atoms with van der Waals surface area (Å²) >= 11 is 2.82. The Morgan fingerprint density at radius 3 is 2.85 bits per heavy atom. The van der Waals surface area contributed by atoms with Gasteiger partial charge in [-0.25, -0.2) is 4.39 Å². The maximum atomic E-state index is 12.7. The zero-order valence-electron chi connectivity index (χ0n) is 10.5. The molecule has 1 heterocycles. The van der Waals surface area contributed by atoms with Crippen LogP contribution in [0.2, 0.25) is 0 Å². The van der Waals surface area contributed by atoms with Crippen LogP contribution in [0.15, 0.2) is 41.3 Å². The largest absolute Gasteiger partial charge is 0.300 e. The van der Waals surface area contributed by atoms with Gasteiger partial charge >= 0.3 is 0 Å². The van der Waals surface area contributed by atoms with E-state index in [2.05, 4.69) is 22.1 Å². The van der Waals surface area contributed by atoms with Crippen LogP contribution < -0.4 is 5.32 Å². The normalized spacial score (nSPS) is 10.2. The van der Waals surface area contributed by atoms with E-state index in [-0.39, 0.29) is 18.1 Å². The van der Waals surface area contributed by atoms with Crippen molar-refractivity contribution in [1.29, 1.82) is 0 Å². The van der Waals surface area contributed by atoms with Gasteiger partial charge < -0.3 is 5.32 Å². The van der Waals surface area contributed by atoms with E-state index in [0.29, 0.717) is 5.13 Å². The van der Waals surface area contributed by atoms with E-state index >= 15 is 0 Å². The molecule has 1 amide bonds. The standard InChI is InChI=1S/C13H12FN3OS2/c1-2-7-19-13-17-16-12(20-13)15-11(18)8-9-3-5-10(14)6-4-9/h2-6H,1,7-8H2,(H,15,16,18). The molecule has 0 aliphatic heterocycles. The number of benzene rings is 1. The Balaban J connectivity index is 1.89. The fraction of sp³-hybridized carbons (Fsp3) is 0.154. The maximum absolute atomic E-state index is 12.7. The average molecular weight is 309 g/mol. The number of amides is 1. The third-order valence-corrected chi connectivity index (χ3v) is 4.22. The molecule has 0 radical (unpaired) electrons. The molecule has 2 aromatic rings. The fourth-order valence-corrected chi connectivity index (χ4v) is 2.93. The number of thioether (sulfide) groups is 1. The summed E-state index contributed by atoms with van der Waals surface area (Å²) in [5.74, 6) is 0.230. The number of rotatable bonds is 6. The van der Waals surface area contributed by atoms with E-state index in [1.807, 2.05) is 0 Å². The molecule has 1 aromatic carbocycles. The molecule has 20 heavy (non-hydrogen) atoms. The van der Waals surface area contributed by atoms with Gasteiger partial charge in [0.1, 0.15) is 5.82 Å². The number of halogens is 1. The van der Waals surface area contributed by atoms with Gasteiger partial charge in [0.15, 0.2) is 4.34 Å². The van der Waals surface area contributed by atoms with Gasteiger partial charge in [-0.2, -0.15) is 0 Å². The van der Waals surface area contributed by atoms with E-state index in [0.717, 1.165) is 15.7 Å². The van der Waals surface area contributed by atoms with Crippen molar-refractivity contribution < 1.29 is 9.18 Å². The minimum Gasteiger partial charge on any atom is -0.300 e. The first-order valence-electron chi connectivity index (χ1n) is 5.79. The summed E-state index contributed by atoms with van der Waals surface area (Å²) in [5, 5.41) is 11.0. The third-order valence-electron chi connectivity index (χ3n) is 2.26. The fourth-order valence-electron chi connectivity index (χ4n) is 1.40. The van der Waals surface area contributed by atoms with Crippen molar-refractivity contribution in [2.45, 2.75) is 10.8 Å². The van der Waals surface area contributed by atoms with Crippen LogP contribution >= 0.6 is 23.1 Å². The van der Waals surface area contributed by atoms with Gasteiger partial charge in [0.25, 0.3) is 0 Å². The van der Waals surface area contributed by atoms with Crippen LogP contribution in [0.3, 0.4) is 0 Å². The highest BCUT2D eigenvalue weighted by Crippen LogP contribution is 2.25. The van der Waals surface area contributed by atoms with Crippen LogP contribution in [0.5, 0.6) is 0 Å². The van der Waals surface area contributed by atoms with Gasteiger partial charge in [-0.3, -0.25) is 4.79 Å². The highest BCUT2D eigenvalue weighted by molar-refractivity contribution is 8.01. The van der Waals surface area contributed by atoms with Gasteiger partial charge in [-0.05, 0) is 17.7 Å². The Labute approximate surface area is 124 Å². The summed E-state index contributed by atoms with van der Waals surface area (Å²) in [4.78, 5) is 11.8. The van der Waals surface area contributed by atoms with Crippen molar-refractivity contribution >= 4 is 34.1 Å². The lowest BCUT2D eigenvalue weighted by atomic mass is 10.1. The molecule has 2 rings (SSSR count). The first-order valence-corrected chi connectivity index (χ1v) is 7.59. The Morgan fingerprint density at radius 2 is 2.15 bits per heavy atom. The van der Waals surface area contributed by atoms with Crippen molar-refractivity contribution in [1.82, 2.24) is 10.2 Å². The molecule has 1 N–H and O–H groups in total. The van der Waals surface area contributed by atoms with E-state index in [1.54, 1.807) is 18.2 Å². The maximum Gasteiger partial charge on any atom is 0.230 e. The van der Waals surface area contributed by atoms with Crippen LogP contribution in [0.25, 0.3) is 0 Å². The molecular weight excluding hydrogens is 297 g/mol. The van der Waals surface area contributed by atoms with Crippen molar-refractivity contribution in [3.05, 3.63) is 48.3 Å². The lowest BCUT2D eigenvalue weighted by Crippen LogP contribution is -2.14. The van der Waals surface area contributed by atoms with Gasteiger partial charge in [-0.15, -0.1) is 16.8 Å². The van der Waals surface area contributed by atoms with Gasteiger partial charge in [0, 0.05) is 5.75 Å². The zero-order valence-corrected chi connectivity index (χ0v) is 12.1. The summed E-state index contributed by atoms with van der Waals surface area (Å²) < 4.78 is 13.5. The van der Waals surface area contributed by atoms with E-state index < -0.39 is 0 Å². The van der Waals surface area contributed by atoms with Crippen molar-refractivity contribution in [3.8, 4) is 0 Å². The number of hydrogen-bond donors (Lipinski definition) is 1. The summed E-state index contributed by atoms with van der Waals surface area (Å²) in [5.41, 5.74) is 0.745. The van der Waals surface area contributed by atoms with Crippen molar-refractivity contribution in [3.63, 3.8) is 0 Å². The SMILES string of the molecule is C=CCSc1nnc(NC(=O)Cc2ccc(F)cc2)s1. The van der Waals surface area contributed by atoms with Crippen LogP contribution in [0.1, 0.15) is 5.56 Å². The van der Waals surface area contributed by atoms with Crippen LogP contribution in [-0.4, -0.2) is 21.9 Å². The summed E-state index contributed by atoms with van der Waals surface area (Å²) in [6.45, 7) is 3.62. The van der Waals surface area contributed by atoms with E-state index in [1.165, 1.54) is 35.2 Å². The van der Waals surface area contributed by atoms with E-state index in [9.17, 15) is 9.18 Å². The Morgan fingerprint density at radius 1 is 1.40 bits per heavy atom. The highest BCUT2D eigenvalue weighted by Gasteiger charge is 2.09. The number of nitrogens with one attached hydrogen (secondary N) is 1. The first kappa shape index (κ1) is 14.7. The number of hydrogen-bond acceptors (Lipinski definition) is 5. The number of nitrogens with zero attached hydrogens (tertiary/aromatic N) is 2. The summed E-state index contributed by atoms with van der Waals surface area (Å²) in [6, 6.07) is 5.83. The molecule has 0 spiro atoms. The van der Waals surface area contributed by atoms with Crippen LogP contribution in [-0.2, 0) is 11.2 Å². The van der Waals surface area contributed by atoms with Crippen LogP contribution in [0.4, 0.5) is 9.52 Å². The monoisotopic (exact) mass is 309 g/mol. The quantitative estimate of drug-likeness (QED) is 0.506. The molecule has 104 valence electrons. The second-order valence-electron chi connectivity index (χ2n) is 3.82. The molecule has 0 fully saturated rings. The molecule has 0 unspecified atom stereocenters. The summed E-state index contributed by atoms with van der Waals surface area (Å²) in [6.07, 6.45) is 1.95. The molecular formula is C13H12FN3OS2. The molecule has 7 heteroatoms. The molecule has 1 aromatic heterocycles. The summed E-state index contributed by atoms with van der Waals surface area (Å²) in [7, 11) is 0. The molecule has 0 atom stereocenters. The number of anilines is 1. The van der Waals surface area contributed by atoms with Crippen LogP contribution in [0, 0.1) is 5.82 Å².